The fourth-order valence-electron chi connectivity index (χ4n) is 1.06. The number of hydrogen-bond donors (Lipinski definition) is 2. The predicted octanol–water partition coefficient (Wildman–Crippen LogP) is 3.05. The lowest BCUT2D eigenvalue weighted by Crippen LogP contribution is -2.23. The summed E-state index contributed by atoms with van der Waals surface area (Å²) >= 11 is 8.74. The molecule has 0 aliphatic rings. The monoisotopic (exact) mass is 295 g/mol. The Morgan fingerprint density at radius 1 is 1.60 bits per heavy atom. The molecule has 0 radical (unpaired) electrons. The summed E-state index contributed by atoms with van der Waals surface area (Å²) in [7, 11) is 0. The second-order valence-electron chi connectivity index (χ2n) is 2.82. The maximum Gasteiger partial charge on any atom is 0.404 e. The van der Waals surface area contributed by atoms with Crippen molar-refractivity contribution in [2.75, 3.05) is 6.54 Å². The van der Waals surface area contributed by atoms with Crippen LogP contribution in [-0.2, 0) is 6.42 Å². The minimum Gasteiger partial charge on any atom is -0.465 e. The molecular weight excluding hydrogens is 288 g/mol. The molecule has 6 heteroatoms. The van der Waals surface area contributed by atoms with Crippen LogP contribution in [0.3, 0.4) is 0 Å². The molecule has 0 aliphatic heterocycles. The molecule has 0 fully saturated rings. The Labute approximate surface area is 99.4 Å². The highest BCUT2D eigenvalue weighted by atomic mass is 79.9. The molecule has 0 heterocycles. The Bertz CT molecular complexity index is 387. The number of hydrogen-bond acceptors (Lipinski definition) is 1. The van der Waals surface area contributed by atoms with Gasteiger partial charge in [0.15, 0.2) is 5.82 Å². The molecule has 0 spiro atoms. The smallest absolute Gasteiger partial charge is 0.404 e. The summed E-state index contributed by atoms with van der Waals surface area (Å²) in [4.78, 5) is 10.2. The van der Waals surface area contributed by atoms with Crippen molar-refractivity contribution in [2.45, 2.75) is 6.42 Å². The maximum atomic E-state index is 13.3. The number of carboxylic acid groups (broad SMARTS) is 1. The standard InChI is InChI=1S/C9H8BrClFNO2/c10-6-2-1-5(7(11)8(6)12)3-4-13-9(14)15/h1-2,13H,3-4H2,(H,14,15). The van der Waals surface area contributed by atoms with Gasteiger partial charge in [0.2, 0.25) is 0 Å². The average molecular weight is 297 g/mol. The van der Waals surface area contributed by atoms with Crippen LogP contribution in [0.25, 0.3) is 0 Å². The fourth-order valence-corrected chi connectivity index (χ4v) is 1.77. The molecule has 3 nitrogen and oxygen atoms in total. The first-order valence-electron chi connectivity index (χ1n) is 4.11. The van der Waals surface area contributed by atoms with Crippen LogP contribution in [0.1, 0.15) is 5.56 Å². The molecule has 1 aromatic carbocycles. The van der Waals surface area contributed by atoms with Crippen molar-refractivity contribution in [3.8, 4) is 0 Å². The molecule has 0 unspecified atom stereocenters. The first-order chi connectivity index (χ1) is 7.02. The zero-order valence-electron chi connectivity index (χ0n) is 7.56. The molecule has 1 rings (SSSR count). The van der Waals surface area contributed by atoms with Crippen LogP contribution < -0.4 is 5.32 Å². The largest absolute Gasteiger partial charge is 0.465 e. The highest BCUT2D eigenvalue weighted by Gasteiger charge is 2.09. The Hall–Kier alpha value is -0.810. The third-order valence-corrected chi connectivity index (χ3v) is 2.81. The molecule has 82 valence electrons. The van der Waals surface area contributed by atoms with E-state index in [2.05, 4.69) is 21.2 Å². The zero-order chi connectivity index (χ0) is 11.4. The Morgan fingerprint density at radius 2 is 2.27 bits per heavy atom. The Morgan fingerprint density at radius 3 is 2.87 bits per heavy atom. The molecule has 2 N–H and O–H groups in total. The number of amides is 1. The fraction of sp³-hybridized carbons (Fsp3) is 0.222. The topological polar surface area (TPSA) is 49.3 Å². The molecule has 1 aromatic rings. The Kier molecular flexibility index (Phi) is 4.35. The van der Waals surface area contributed by atoms with Gasteiger partial charge in [-0.15, -0.1) is 0 Å². The van der Waals surface area contributed by atoms with Crippen molar-refractivity contribution in [3.05, 3.63) is 33.0 Å². The Balaban J connectivity index is 2.70. The first-order valence-corrected chi connectivity index (χ1v) is 5.28. The van der Waals surface area contributed by atoms with Crippen molar-refractivity contribution in [1.29, 1.82) is 0 Å². The van der Waals surface area contributed by atoms with E-state index in [9.17, 15) is 9.18 Å². The molecule has 0 saturated heterocycles. The van der Waals surface area contributed by atoms with Gasteiger partial charge in [0.05, 0.1) is 9.50 Å². The molecule has 15 heavy (non-hydrogen) atoms. The van der Waals surface area contributed by atoms with Crippen LogP contribution >= 0.6 is 27.5 Å². The van der Waals surface area contributed by atoms with E-state index in [1.807, 2.05) is 0 Å². The predicted molar refractivity (Wildman–Crippen MR) is 58.8 cm³/mol. The van der Waals surface area contributed by atoms with E-state index in [-0.39, 0.29) is 11.6 Å². The van der Waals surface area contributed by atoms with Crippen LogP contribution in [0.15, 0.2) is 16.6 Å². The van der Waals surface area contributed by atoms with E-state index < -0.39 is 11.9 Å². The summed E-state index contributed by atoms with van der Waals surface area (Å²) < 4.78 is 13.6. The highest BCUT2D eigenvalue weighted by molar-refractivity contribution is 9.10. The molecule has 0 bridgehead atoms. The van der Waals surface area contributed by atoms with Crippen molar-refractivity contribution >= 4 is 33.6 Å². The van der Waals surface area contributed by atoms with E-state index in [1.54, 1.807) is 6.07 Å². The van der Waals surface area contributed by atoms with Gasteiger partial charge in [0.1, 0.15) is 0 Å². The lowest BCUT2D eigenvalue weighted by atomic mass is 10.1. The first kappa shape index (κ1) is 12.3. The third kappa shape index (κ3) is 3.35. The summed E-state index contributed by atoms with van der Waals surface area (Å²) in [6.07, 6.45) is -0.751. The number of nitrogens with one attached hydrogen (secondary N) is 1. The number of benzene rings is 1. The lowest BCUT2D eigenvalue weighted by Gasteiger charge is -2.06. The lowest BCUT2D eigenvalue weighted by molar-refractivity contribution is 0.194. The minimum atomic E-state index is -1.11. The van der Waals surface area contributed by atoms with Gasteiger partial charge in [-0.25, -0.2) is 9.18 Å². The summed E-state index contributed by atoms with van der Waals surface area (Å²) in [5.41, 5.74) is 0.575. The minimum absolute atomic E-state index is 0.0246. The highest BCUT2D eigenvalue weighted by Crippen LogP contribution is 2.26. The molecule has 1 amide bonds. The summed E-state index contributed by atoms with van der Waals surface area (Å²) in [6.45, 7) is 0.204. The normalized spacial score (nSPS) is 10.1. The quantitative estimate of drug-likeness (QED) is 0.842. The van der Waals surface area contributed by atoms with Gasteiger partial charge in [0.25, 0.3) is 0 Å². The van der Waals surface area contributed by atoms with E-state index in [1.165, 1.54) is 6.07 Å². The van der Waals surface area contributed by atoms with Crippen molar-refractivity contribution in [3.63, 3.8) is 0 Å². The summed E-state index contributed by atoms with van der Waals surface area (Å²) in [6, 6.07) is 3.19. The van der Waals surface area contributed by atoms with Gasteiger partial charge in [-0.1, -0.05) is 17.7 Å². The average Bonchev–Trinajstić information content (AvgIpc) is 2.18. The van der Waals surface area contributed by atoms with Gasteiger partial charge in [0, 0.05) is 6.54 Å². The second-order valence-corrected chi connectivity index (χ2v) is 4.05. The summed E-state index contributed by atoms with van der Waals surface area (Å²) in [5.74, 6) is -0.524. The van der Waals surface area contributed by atoms with Gasteiger partial charge < -0.3 is 10.4 Å². The molecule has 0 saturated carbocycles. The van der Waals surface area contributed by atoms with Crippen LogP contribution in [0.5, 0.6) is 0 Å². The number of halogens is 3. The van der Waals surface area contributed by atoms with Gasteiger partial charge in [-0.2, -0.15) is 0 Å². The van der Waals surface area contributed by atoms with Crippen LogP contribution in [0, 0.1) is 5.82 Å². The zero-order valence-corrected chi connectivity index (χ0v) is 9.90. The molecule has 0 aromatic heterocycles. The third-order valence-electron chi connectivity index (χ3n) is 1.79. The van der Waals surface area contributed by atoms with Crippen molar-refractivity contribution < 1.29 is 14.3 Å². The number of rotatable bonds is 3. The van der Waals surface area contributed by atoms with Gasteiger partial charge in [-0.3, -0.25) is 0 Å². The van der Waals surface area contributed by atoms with Crippen molar-refractivity contribution in [2.24, 2.45) is 0 Å². The van der Waals surface area contributed by atoms with E-state index >= 15 is 0 Å². The summed E-state index contributed by atoms with van der Waals surface area (Å²) in [5, 5.41) is 10.5. The van der Waals surface area contributed by atoms with E-state index in [4.69, 9.17) is 16.7 Å². The van der Waals surface area contributed by atoms with Crippen LogP contribution in [0.2, 0.25) is 5.02 Å². The van der Waals surface area contributed by atoms with E-state index in [0.29, 0.717) is 16.5 Å². The van der Waals surface area contributed by atoms with Crippen LogP contribution in [-0.4, -0.2) is 17.7 Å². The number of carbonyl (C=O) groups is 1. The van der Waals surface area contributed by atoms with Crippen LogP contribution in [0.4, 0.5) is 9.18 Å². The second kappa shape index (κ2) is 5.32. The van der Waals surface area contributed by atoms with Gasteiger partial charge in [-0.05, 0) is 34.0 Å². The SMILES string of the molecule is O=C(O)NCCc1ccc(Br)c(F)c1Cl. The molecule has 0 atom stereocenters. The van der Waals surface area contributed by atoms with E-state index in [0.717, 1.165) is 0 Å². The maximum absolute atomic E-state index is 13.3. The van der Waals surface area contributed by atoms with Gasteiger partial charge >= 0.3 is 6.09 Å². The molecular formula is C9H8BrClFNO2. The molecule has 0 aliphatic carbocycles. The van der Waals surface area contributed by atoms with Crippen molar-refractivity contribution in [1.82, 2.24) is 5.32 Å².